The summed E-state index contributed by atoms with van der Waals surface area (Å²) in [5, 5.41) is 0. The molecule has 1 rings (SSSR count). The van der Waals surface area contributed by atoms with Gasteiger partial charge in [-0.25, -0.2) is 0 Å². The van der Waals surface area contributed by atoms with E-state index in [4.69, 9.17) is 5.73 Å². The summed E-state index contributed by atoms with van der Waals surface area (Å²) in [6, 6.07) is 7.57. The van der Waals surface area contributed by atoms with Crippen molar-refractivity contribution >= 4 is 27.7 Å². The Morgan fingerprint density at radius 2 is 2.06 bits per heavy atom. The van der Waals surface area contributed by atoms with Crippen molar-refractivity contribution in [3.63, 3.8) is 0 Å². The fourth-order valence-corrected chi connectivity index (χ4v) is 2.92. The van der Waals surface area contributed by atoms with Crippen LogP contribution in [0.4, 0.5) is 13.2 Å². The number of halogens is 4. The summed E-state index contributed by atoms with van der Waals surface area (Å²) in [7, 11) is 0. The molecule has 0 aliphatic carbocycles. The molecule has 0 aliphatic rings. The van der Waals surface area contributed by atoms with Crippen LogP contribution in [-0.2, 0) is 0 Å². The second kappa shape index (κ2) is 7.40. The van der Waals surface area contributed by atoms with Gasteiger partial charge in [0.25, 0.3) is 0 Å². The van der Waals surface area contributed by atoms with E-state index < -0.39 is 12.6 Å². The van der Waals surface area contributed by atoms with E-state index in [1.807, 2.05) is 24.3 Å². The third kappa shape index (κ3) is 7.28. The molecule has 0 saturated heterocycles. The Morgan fingerprint density at radius 1 is 1.33 bits per heavy atom. The third-order valence-corrected chi connectivity index (χ3v) is 3.97. The summed E-state index contributed by atoms with van der Waals surface area (Å²) < 4.78 is 36.8. The van der Waals surface area contributed by atoms with Crippen molar-refractivity contribution in [3.05, 3.63) is 28.7 Å². The van der Waals surface area contributed by atoms with Crippen LogP contribution in [0.25, 0.3) is 0 Å². The Morgan fingerprint density at radius 3 is 2.67 bits per heavy atom. The average Bonchev–Trinajstić information content (AvgIpc) is 2.25. The molecule has 1 unspecified atom stereocenters. The molecule has 0 aromatic heterocycles. The SMILES string of the molecule is NC(CCCC(F)(F)F)CSc1cccc(Br)c1. The predicted octanol–water partition coefficient (Wildman–Crippen LogP) is 4.60. The largest absolute Gasteiger partial charge is 0.389 e. The van der Waals surface area contributed by atoms with Crippen LogP contribution >= 0.6 is 27.7 Å². The molecule has 18 heavy (non-hydrogen) atoms. The number of rotatable bonds is 6. The Hall–Kier alpha value is -0.200. The van der Waals surface area contributed by atoms with Gasteiger partial charge in [0.2, 0.25) is 0 Å². The van der Waals surface area contributed by atoms with Crippen molar-refractivity contribution in [2.24, 2.45) is 5.73 Å². The van der Waals surface area contributed by atoms with Gasteiger partial charge in [0.1, 0.15) is 0 Å². The second-order valence-electron chi connectivity index (χ2n) is 4.04. The highest BCUT2D eigenvalue weighted by Crippen LogP contribution is 2.25. The Kier molecular flexibility index (Phi) is 6.52. The summed E-state index contributed by atoms with van der Waals surface area (Å²) >= 11 is 4.93. The number of hydrogen-bond donors (Lipinski definition) is 1. The smallest absolute Gasteiger partial charge is 0.327 e. The minimum Gasteiger partial charge on any atom is -0.327 e. The average molecular weight is 342 g/mol. The van der Waals surface area contributed by atoms with Crippen LogP contribution in [0.1, 0.15) is 19.3 Å². The zero-order valence-electron chi connectivity index (χ0n) is 9.71. The van der Waals surface area contributed by atoms with Crippen LogP contribution in [0.15, 0.2) is 33.6 Å². The summed E-state index contributed by atoms with van der Waals surface area (Å²) in [4.78, 5) is 1.07. The van der Waals surface area contributed by atoms with Gasteiger partial charge in [0.05, 0.1) is 0 Å². The maximum atomic E-state index is 12.0. The van der Waals surface area contributed by atoms with Gasteiger partial charge >= 0.3 is 6.18 Å². The van der Waals surface area contributed by atoms with E-state index >= 15 is 0 Å². The molecule has 1 aromatic carbocycles. The quantitative estimate of drug-likeness (QED) is 0.765. The standard InChI is InChI=1S/C12H15BrF3NS/c13-9-3-1-5-11(7-9)18-8-10(17)4-2-6-12(14,15)16/h1,3,5,7,10H,2,4,6,8,17H2. The molecule has 1 atom stereocenters. The minimum absolute atomic E-state index is 0.101. The van der Waals surface area contributed by atoms with Gasteiger partial charge in [-0.05, 0) is 31.0 Å². The third-order valence-electron chi connectivity index (χ3n) is 2.30. The molecule has 0 radical (unpaired) electrons. The van der Waals surface area contributed by atoms with Gasteiger partial charge in [-0.3, -0.25) is 0 Å². The van der Waals surface area contributed by atoms with Crippen LogP contribution < -0.4 is 5.73 Å². The number of alkyl halides is 3. The Labute approximate surface area is 117 Å². The van der Waals surface area contributed by atoms with Crippen molar-refractivity contribution in [2.45, 2.75) is 36.4 Å². The van der Waals surface area contributed by atoms with Crippen LogP contribution in [0.5, 0.6) is 0 Å². The first kappa shape index (κ1) is 15.9. The summed E-state index contributed by atoms with van der Waals surface area (Å²) in [5.74, 6) is 0.633. The van der Waals surface area contributed by atoms with Crippen molar-refractivity contribution in [2.75, 3.05) is 5.75 Å². The molecule has 0 bridgehead atoms. The second-order valence-corrected chi connectivity index (χ2v) is 6.04. The zero-order valence-corrected chi connectivity index (χ0v) is 12.1. The summed E-state index contributed by atoms with van der Waals surface area (Å²) in [5.41, 5.74) is 5.79. The Balaban J connectivity index is 2.23. The molecule has 2 N–H and O–H groups in total. The molecule has 0 aliphatic heterocycles. The van der Waals surface area contributed by atoms with Crippen molar-refractivity contribution in [3.8, 4) is 0 Å². The molecule has 1 aromatic rings. The van der Waals surface area contributed by atoms with E-state index in [0.717, 1.165) is 9.37 Å². The number of benzene rings is 1. The maximum Gasteiger partial charge on any atom is 0.389 e. The first-order valence-corrected chi connectivity index (χ1v) is 7.35. The van der Waals surface area contributed by atoms with Crippen molar-refractivity contribution in [1.29, 1.82) is 0 Å². The molecule has 0 amide bonds. The van der Waals surface area contributed by atoms with E-state index in [2.05, 4.69) is 15.9 Å². The van der Waals surface area contributed by atoms with Gasteiger partial charge in [-0.2, -0.15) is 13.2 Å². The monoisotopic (exact) mass is 341 g/mol. The fraction of sp³-hybridized carbons (Fsp3) is 0.500. The molecule has 0 heterocycles. The molecule has 0 fully saturated rings. The molecule has 0 spiro atoms. The summed E-state index contributed by atoms with van der Waals surface area (Å²) in [6.07, 6.45) is -4.32. The maximum absolute atomic E-state index is 12.0. The van der Waals surface area contributed by atoms with Gasteiger partial charge in [0, 0.05) is 27.6 Å². The summed E-state index contributed by atoms with van der Waals surface area (Å²) in [6.45, 7) is 0. The van der Waals surface area contributed by atoms with E-state index in [1.165, 1.54) is 0 Å². The lowest BCUT2D eigenvalue weighted by atomic mass is 10.1. The lowest BCUT2D eigenvalue weighted by molar-refractivity contribution is -0.135. The first-order chi connectivity index (χ1) is 8.37. The lowest BCUT2D eigenvalue weighted by Crippen LogP contribution is -2.23. The lowest BCUT2D eigenvalue weighted by Gasteiger charge is -2.12. The van der Waals surface area contributed by atoms with Crippen LogP contribution in [-0.4, -0.2) is 18.0 Å². The van der Waals surface area contributed by atoms with E-state index in [9.17, 15) is 13.2 Å². The minimum atomic E-state index is -4.07. The highest BCUT2D eigenvalue weighted by atomic mass is 79.9. The van der Waals surface area contributed by atoms with Crippen LogP contribution in [0.2, 0.25) is 0 Å². The van der Waals surface area contributed by atoms with Gasteiger partial charge in [-0.15, -0.1) is 11.8 Å². The predicted molar refractivity (Wildman–Crippen MR) is 72.7 cm³/mol. The van der Waals surface area contributed by atoms with E-state index in [-0.39, 0.29) is 12.5 Å². The zero-order chi connectivity index (χ0) is 13.6. The highest BCUT2D eigenvalue weighted by Gasteiger charge is 2.26. The number of thioether (sulfide) groups is 1. The van der Waals surface area contributed by atoms with E-state index in [1.54, 1.807) is 11.8 Å². The van der Waals surface area contributed by atoms with Gasteiger partial charge < -0.3 is 5.73 Å². The van der Waals surface area contributed by atoms with Gasteiger partial charge in [-0.1, -0.05) is 22.0 Å². The van der Waals surface area contributed by atoms with Crippen LogP contribution in [0, 0.1) is 0 Å². The van der Waals surface area contributed by atoms with Crippen molar-refractivity contribution < 1.29 is 13.2 Å². The molecular formula is C12H15BrF3NS. The van der Waals surface area contributed by atoms with Crippen molar-refractivity contribution in [1.82, 2.24) is 0 Å². The fourth-order valence-electron chi connectivity index (χ4n) is 1.41. The molecule has 102 valence electrons. The molecule has 6 heteroatoms. The molecular weight excluding hydrogens is 327 g/mol. The van der Waals surface area contributed by atoms with Gasteiger partial charge in [0.15, 0.2) is 0 Å². The first-order valence-electron chi connectivity index (χ1n) is 5.57. The number of nitrogens with two attached hydrogens (primary N) is 1. The molecule has 0 saturated carbocycles. The highest BCUT2D eigenvalue weighted by molar-refractivity contribution is 9.10. The Bertz CT molecular complexity index is 371. The van der Waals surface area contributed by atoms with E-state index in [0.29, 0.717) is 12.2 Å². The number of hydrogen-bond acceptors (Lipinski definition) is 2. The van der Waals surface area contributed by atoms with Crippen LogP contribution in [0.3, 0.4) is 0 Å². The topological polar surface area (TPSA) is 26.0 Å². The molecule has 1 nitrogen and oxygen atoms in total. The normalized spacial score (nSPS) is 13.6.